The smallest absolute Gasteiger partial charge is 0.858 e. The van der Waals surface area contributed by atoms with Gasteiger partial charge in [-0.3, -0.25) is 4.57 Å². The largest absolute Gasteiger partial charge is 1.00 e. The van der Waals surface area contributed by atoms with Crippen molar-refractivity contribution < 1.29 is 93.9 Å². The van der Waals surface area contributed by atoms with Crippen molar-refractivity contribution in [3.8, 4) is 17.5 Å². The average Bonchev–Trinajstić information content (AvgIpc) is 2.64. The van der Waals surface area contributed by atoms with Crippen molar-refractivity contribution in [2.24, 2.45) is 0 Å². The Hall–Kier alpha value is 0.430. The van der Waals surface area contributed by atoms with Crippen molar-refractivity contribution in [3.05, 3.63) is 22.7 Å². The summed E-state index contributed by atoms with van der Waals surface area (Å²) in [7, 11) is -4.88. The van der Waals surface area contributed by atoms with E-state index in [2.05, 4.69) is 4.98 Å². The van der Waals surface area contributed by atoms with Gasteiger partial charge in [-0.1, -0.05) is 0 Å². The fourth-order valence-corrected chi connectivity index (χ4v) is 2.03. The molecule has 0 unspecified atom stereocenters. The summed E-state index contributed by atoms with van der Waals surface area (Å²) < 4.78 is 5.82. The summed E-state index contributed by atoms with van der Waals surface area (Å²) in [6, 6.07) is 0.947. The molecule has 23 heavy (non-hydrogen) atoms. The molecule has 10 nitrogen and oxygen atoms in total. The van der Waals surface area contributed by atoms with Crippen LogP contribution in [0.5, 0.6) is 5.88 Å². The van der Waals surface area contributed by atoms with Crippen LogP contribution in [0.25, 0.3) is 0 Å². The average molecular weight is 362 g/mol. The summed E-state index contributed by atoms with van der Waals surface area (Å²) in [6.45, 7) is 0. The molecule has 114 valence electrons. The summed E-state index contributed by atoms with van der Waals surface area (Å²) >= 11 is 0. The van der Waals surface area contributed by atoms with E-state index in [1.807, 2.05) is 5.92 Å². The first-order chi connectivity index (χ1) is 9.69. The first kappa shape index (κ1) is 23.4. The van der Waals surface area contributed by atoms with Gasteiger partial charge in [0.1, 0.15) is 20.2 Å². The number of aromatic nitrogens is 2. The van der Waals surface area contributed by atoms with E-state index in [1.54, 1.807) is 0 Å². The molecular formula is C10H9N2Na2O8P. The van der Waals surface area contributed by atoms with Crippen molar-refractivity contribution in [2.75, 3.05) is 0 Å². The van der Waals surface area contributed by atoms with Gasteiger partial charge in [-0.2, -0.15) is 0 Å². The minimum absolute atomic E-state index is 0. The van der Waals surface area contributed by atoms with E-state index in [-0.39, 0.29) is 59.1 Å². The SMILES string of the molecule is O=c1nc([O-])ccn1[C@@H]1O[C@H](C#C[P+]([O-])([O-])O)[C@@H](O)[C@H]1O.[Na+].[Na+]. The summed E-state index contributed by atoms with van der Waals surface area (Å²) in [4.78, 5) is 44.2. The van der Waals surface area contributed by atoms with Crippen molar-refractivity contribution >= 4 is 7.94 Å². The predicted molar refractivity (Wildman–Crippen MR) is 60.8 cm³/mol. The van der Waals surface area contributed by atoms with Crippen LogP contribution >= 0.6 is 7.94 Å². The zero-order valence-electron chi connectivity index (χ0n) is 12.2. The van der Waals surface area contributed by atoms with Crippen LogP contribution in [0.1, 0.15) is 6.23 Å². The van der Waals surface area contributed by atoms with E-state index >= 15 is 0 Å². The quantitative estimate of drug-likeness (QED) is 0.249. The molecule has 0 aliphatic carbocycles. The van der Waals surface area contributed by atoms with Crippen LogP contribution < -0.4 is 79.7 Å². The predicted octanol–water partition coefficient (Wildman–Crippen LogP) is -10.6. The summed E-state index contributed by atoms with van der Waals surface area (Å²) in [5.41, 5.74) is 0.457. The second-order valence-electron chi connectivity index (χ2n) is 4.16. The zero-order chi connectivity index (χ0) is 15.8. The maximum Gasteiger partial charge on any atom is 1.00 e. The second kappa shape index (κ2) is 9.22. The van der Waals surface area contributed by atoms with E-state index in [4.69, 9.17) is 9.63 Å². The first-order valence-electron chi connectivity index (χ1n) is 5.53. The van der Waals surface area contributed by atoms with E-state index in [1.165, 1.54) is 5.66 Å². The molecular weight excluding hydrogens is 353 g/mol. The molecule has 0 bridgehead atoms. The molecule has 1 aliphatic heterocycles. The Morgan fingerprint density at radius 1 is 1.30 bits per heavy atom. The Balaban J connectivity index is 0.00000242. The first-order valence-corrected chi connectivity index (χ1v) is 7.11. The van der Waals surface area contributed by atoms with Gasteiger partial charge in [-0.25, -0.2) is 14.7 Å². The van der Waals surface area contributed by atoms with E-state index in [0.29, 0.717) is 0 Å². The van der Waals surface area contributed by atoms with Gasteiger partial charge in [0.05, 0.1) is 5.66 Å². The molecule has 0 saturated carbocycles. The number of aliphatic hydroxyl groups excluding tert-OH is 2. The van der Waals surface area contributed by atoms with E-state index < -0.39 is 44.1 Å². The minimum Gasteiger partial charge on any atom is -0.858 e. The van der Waals surface area contributed by atoms with Crippen molar-refractivity contribution in [1.82, 2.24) is 9.55 Å². The third kappa shape index (κ3) is 6.02. The third-order valence-electron chi connectivity index (χ3n) is 2.66. The zero-order valence-corrected chi connectivity index (χ0v) is 17.1. The van der Waals surface area contributed by atoms with Gasteiger partial charge in [-0.15, -0.1) is 0 Å². The Kier molecular flexibility index (Phi) is 9.39. The molecule has 1 saturated heterocycles. The molecule has 2 heterocycles. The molecule has 0 spiro atoms. The summed E-state index contributed by atoms with van der Waals surface area (Å²) in [5, 5.41) is 30.4. The number of rotatable bonds is 1. The number of ether oxygens (including phenoxy) is 1. The van der Waals surface area contributed by atoms with Crippen LogP contribution in [0.15, 0.2) is 17.1 Å². The number of aliphatic hydroxyl groups is 2. The molecule has 1 aliphatic rings. The standard InChI is InChI=1S/C10H11N2O8P.2Na/c13-6-1-3-12(10(16)11-6)9-8(15)7(14)5(20-9)2-4-21(17,18)19;;/h1,3,5,7-9,14-15H,(H,11,13,16)(H2,17,18,19);;/q;2*+1/p-2/t5-,7-,8-,9-;;/m1../s1. The Morgan fingerprint density at radius 3 is 2.43 bits per heavy atom. The van der Waals surface area contributed by atoms with E-state index in [0.717, 1.165) is 16.8 Å². The number of hydrogen-bond donors (Lipinski definition) is 3. The molecule has 1 fully saturated rings. The van der Waals surface area contributed by atoms with Gasteiger partial charge in [-0.05, 0) is 17.9 Å². The van der Waals surface area contributed by atoms with Gasteiger partial charge >= 0.3 is 64.8 Å². The molecule has 1 aromatic rings. The van der Waals surface area contributed by atoms with Crippen LogP contribution in [0.4, 0.5) is 0 Å². The molecule has 0 amide bonds. The van der Waals surface area contributed by atoms with Crippen LogP contribution in [-0.2, 0) is 4.74 Å². The fourth-order valence-electron chi connectivity index (χ4n) is 1.74. The van der Waals surface area contributed by atoms with Crippen LogP contribution in [0.3, 0.4) is 0 Å². The fraction of sp³-hybridized carbons (Fsp3) is 0.400. The Bertz CT molecular complexity index is 655. The van der Waals surface area contributed by atoms with Crippen molar-refractivity contribution in [2.45, 2.75) is 24.5 Å². The number of hydrogen-bond acceptors (Lipinski definition) is 9. The van der Waals surface area contributed by atoms with Crippen molar-refractivity contribution in [3.63, 3.8) is 0 Å². The molecule has 4 atom stereocenters. The molecule has 0 radical (unpaired) electrons. The monoisotopic (exact) mass is 362 g/mol. The normalized spacial score (nSPS) is 26.5. The van der Waals surface area contributed by atoms with Crippen molar-refractivity contribution in [1.29, 1.82) is 0 Å². The molecule has 1 aromatic heterocycles. The second-order valence-corrected chi connectivity index (χ2v) is 5.43. The molecule has 2 rings (SSSR count). The van der Waals surface area contributed by atoms with Crippen LogP contribution in [-0.4, -0.2) is 43.0 Å². The van der Waals surface area contributed by atoms with Gasteiger partial charge < -0.3 is 29.8 Å². The third-order valence-corrected chi connectivity index (χ3v) is 3.08. The van der Waals surface area contributed by atoms with E-state index in [9.17, 15) is 29.9 Å². The number of nitrogens with zero attached hydrogens (tertiary/aromatic N) is 2. The maximum absolute atomic E-state index is 11.5. The van der Waals surface area contributed by atoms with Gasteiger partial charge in [0.25, 0.3) is 0 Å². The van der Waals surface area contributed by atoms with Crippen LogP contribution in [0.2, 0.25) is 0 Å². The Morgan fingerprint density at radius 2 is 1.91 bits per heavy atom. The summed E-state index contributed by atoms with van der Waals surface area (Å²) in [5.74, 6) is 1.14. The maximum atomic E-state index is 11.5. The summed E-state index contributed by atoms with van der Waals surface area (Å²) in [6.07, 6.45) is -5.06. The molecule has 3 N–H and O–H groups in total. The molecule has 0 aromatic carbocycles. The van der Waals surface area contributed by atoms with Gasteiger partial charge in [0.15, 0.2) is 12.3 Å². The minimum atomic E-state index is -4.88. The van der Waals surface area contributed by atoms with Crippen LogP contribution in [0, 0.1) is 11.6 Å². The topological polar surface area (TPSA) is 174 Å². The van der Waals surface area contributed by atoms with Gasteiger partial charge in [0.2, 0.25) is 0 Å². The Labute approximate surface area is 174 Å². The van der Waals surface area contributed by atoms with Gasteiger partial charge in [0, 0.05) is 6.20 Å². The molecule has 13 heteroatoms.